The maximum atomic E-state index is 13.0. The van der Waals surface area contributed by atoms with Crippen molar-refractivity contribution in [3.8, 4) is 0 Å². The molecule has 25 heavy (non-hydrogen) atoms. The summed E-state index contributed by atoms with van der Waals surface area (Å²) in [4.78, 5) is 31.5. The SMILES string of the molecule is COCC1CCN(C(=O)C2CC3(CN(C(=O)C4CC4)C3)CN2C)CC1. The Morgan fingerprint density at radius 2 is 1.68 bits per heavy atom. The van der Waals surface area contributed by atoms with Gasteiger partial charge in [-0.2, -0.15) is 0 Å². The van der Waals surface area contributed by atoms with E-state index in [1.165, 1.54) is 0 Å². The van der Waals surface area contributed by atoms with E-state index in [0.717, 1.165) is 71.4 Å². The molecule has 140 valence electrons. The van der Waals surface area contributed by atoms with Crippen molar-refractivity contribution < 1.29 is 14.3 Å². The minimum absolute atomic E-state index is 0.00264. The summed E-state index contributed by atoms with van der Waals surface area (Å²) < 4.78 is 5.25. The molecule has 0 aromatic rings. The summed E-state index contributed by atoms with van der Waals surface area (Å²) in [7, 11) is 3.82. The summed E-state index contributed by atoms with van der Waals surface area (Å²) in [6.45, 7) is 5.17. The van der Waals surface area contributed by atoms with Crippen LogP contribution in [0.3, 0.4) is 0 Å². The van der Waals surface area contributed by atoms with Gasteiger partial charge in [0.2, 0.25) is 11.8 Å². The Morgan fingerprint density at radius 3 is 2.28 bits per heavy atom. The number of amides is 2. The van der Waals surface area contributed by atoms with Crippen LogP contribution in [0.4, 0.5) is 0 Å². The Hall–Kier alpha value is -1.14. The number of rotatable bonds is 4. The zero-order valence-electron chi connectivity index (χ0n) is 15.6. The van der Waals surface area contributed by atoms with Crippen LogP contribution < -0.4 is 0 Å². The van der Waals surface area contributed by atoms with Crippen molar-refractivity contribution >= 4 is 11.8 Å². The summed E-state index contributed by atoms with van der Waals surface area (Å²) in [5, 5.41) is 0. The van der Waals surface area contributed by atoms with Crippen molar-refractivity contribution in [2.45, 2.75) is 38.1 Å². The zero-order valence-corrected chi connectivity index (χ0v) is 15.6. The van der Waals surface area contributed by atoms with Crippen LogP contribution in [0.15, 0.2) is 0 Å². The van der Waals surface area contributed by atoms with Crippen LogP contribution in [0.25, 0.3) is 0 Å². The number of carbonyl (C=O) groups is 2. The number of methoxy groups -OCH3 is 1. The number of ether oxygens (including phenoxy) is 1. The molecule has 1 unspecified atom stereocenters. The Labute approximate surface area is 150 Å². The second-order valence-corrected chi connectivity index (χ2v) is 8.83. The van der Waals surface area contributed by atoms with Gasteiger partial charge in [-0.05, 0) is 45.1 Å². The quantitative estimate of drug-likeness (QED) is 0.754. The smallest absolute Gasteiger partial charge is 0.239 e. The third-order valence-corrected chi connectivity index (χ3v) is 6.65. The highest BCUT2D eigenvalue weighted by molar-refractivity contribution is 5.84. The van der Waals surface area contributed by atoms with E-state index < -0.39 is 0 Å². The summed E-state index contributed by atoms with van der Waals surface area (Å²) in [5.74, 6) is 1.54. The lowest BCUT2D eigenvalue weighted by Crippen LogP contribution is -2.59. The number of hydrogen-bond acceptors (Lipinski definition) is 4. The summed E-state index contributed by atoms with van der Waals surface area (Å²) in [6.07, 6.45) is 5.15. The maximum Gasteiger partial charge on any atom is 0.239 e. The number of nitrogens with zero attached hydrogens (tertiary/aromatic N) is 3. The molecule has 4 rings (SSSR count). The van der Waals surface area contributed by atoms with E-state index in [1.54, 1.807) is 7.11 Å². The van der Waals surface area contributed by atoms with Crippen LogP contribution in [-0.4, -0.2) is 86.0 Å². The van der Waals surface area contributed by atoms with Crippen molar-refractivity contribution in [3.05, 3.63) is 0 Å². The molecule has 3 heterocycles. The molecular weight excluding hydrogens is 318 g/mol. The van der Waals surface area contributed by atoms with E-state index in [1.807, 2.05) is 4.90 Å². The molecule has 1 atom stereocenters. The highest BCUT2D eigenvalue weighted by atomic mass is 16.5. The lowest BCUT2D eigenvalue weighted by Gasteiger charge is -2.48. The van der Waals surface area contributed by atoms with E-state index in [-0.39, 0.29) is 11.5 Å². The molecule has 0 N–H and O–H groups in total. The van der Waals surface area contributed by atoms with Crippen molar-refractivity contribution in [1.29, 1.82) is 0 Å². The standard InChI is InChI=1S/C19H31N3O3/c1-20-11-19(12-22(13-19)17(23)15-3-4-15)9-16(20)18(24)21-7-5-14(6-8-21)10-25-2/h14-16H,3-13H2,1-2H3. The van der Waals surface area contributed by atoms with Gasteiger partial charge in [0, 0.05) is 57.8 Å². The average molecular weight is 349 g/mol. The van der Waals surface area contributed by atoms with Crippen LogP contribution in [0.2, 0.25) is 0 Å². The largest absolute Gasteiger partial charge is 0.384 e. The predicted octanol–water partition coefficient (Wildman–Crippen LogP) is 0.814. The molecular formula is C19H31N3O3. The minimum Gasteiger partial charge on any atom is -0.384 e. The van der Waals surface area contributed by atoms with Gasteiger partial charge in [-0.15, -0.1) is 0 Å². The van der Waals surface area contributed by atoms with Gasteiger partial charge in [0.15, 0.2) is 0 Å². The molecule has 1 aliphatic carbocycles. The lowest BCUT2D eigenvalue weighted by molar-refractivity contribution is -0.144. The molecule has 0 bridgehead atoms. The number of carbonyl (C=O) groups excluding carboxylic acids is 2. The van der Waals surface area contributed by atoms with Crippen molar-refractivity contribution in [2.24, 2.45) is 17.3 Å². The van der Waals surface area contributed by atoms with Crippen LogP contribution in [0.5, 0.6) is 0 Å². The first-order valence-corrected chi connectivity index (χ1v) is 9.78. The van der Waals surface area contributed by atoms with Crippen LogP contribution >= 0.6 is 0 Å². The number of likely N-dealkylation sites (tertiary alicyclic amines) is 3. The van der Waals surface area contributed by atoms with E-state index in [0.29, 0.717) is 23.7 Å². The van der Waals surface area contributed by atoms with Crippen molar-refractivity contribution in [2.75, 3.05) is 53.5 Å². The van der Waals surface area contributed by atoms with Gasteiger partial charge in [-0.3, -0.25) is 14.5 Å². The molecule has 0 aromatic heterocycles. The molecule has 2 amide bonds. The summed E-state index contributed by atoms with van der Waals surface area (Å²) in [6, 6.07) is -0.00264. The monoisotopic (exact) mass is 349 g/mol. The highest BCUT2D eigenvalue weighted by Crippen LogP contribution is 2.44. The predicted molar refractivity (Wildman–Crippen MR) is 94.0 cm³/mol. The molecule has 0 radical (unpaired) electrons. The molecule has 6 nitrogen and oxygen atoms in total. The summed E-state index contributed by atoms with van der Waals surface area (Å²) >= 11 is 0. The van der Waals surface area contributed by atoms with E-state index in [4.69, 9.17) is 4.74 Å². The van der Waals surface area contributed by atoms with Crippen molar-refractivity contribution in [3.63, 3.8) is 0 Å². The zero-order chi connectivity index (χ0) is 17.6. The first-order chi connectivity index (χ1) is 12.0. The first-order valence-electron chi connectivity index (χ1n) is 9.78. The number of piperidine rings is 1. The van der Waals surface area contributed by atoms with Gasteiger partial charge < -0.3 is 14.5 Å². The Bertz CT molecular complexity index is 534. The molecule has 6 heteroatoms. The van der Waals surface area contributed by atoms with Gasteiger partial charge in [0.1, 0.15) is 0 Å². The van der Waals surface area contributed by atoms with Gasteiger partial charge in [0.25, 0.3) is 0 Å². The number of hydrogen-bond donors (Lipinski definition) is 0. The topological polar surface area (TPSA) is 53.1 Å². The van der Waals surface area contributed by atoms with Gasteiger partial charge in [0.05, 0.1) is 6.04 Å². The summed E-state index contributed by atoms with van der Waals surface area (Å²) in [5.41, 5.74) is 0.161. The molecule has 1 spiro atoms. The fourth-order valence-corrected chi connectivity index (χ4v) is 5.05. The third kappa shape index (κ3) is 3.31. The maximum absolute atomic E-state index is 13.0. The molecule has 4 aliphatic rings. The van der Waals surface area contributed by atoms with Gasteiger partial charge in [-0.25, -0.2) is 0 Å². The molecule has 3 saturated heterocycles. The fraction of sp³-hybridized carbons (Fsp3) is 0.895. The van der Waals surface area contributed by atoms with E-state index in [9.17, 15) is 9.59 Å². The molecule has 1 saturated carbocycles. The Kier molecular flexibility index (Phi) is 4.52. The minimum atomic E-state index is -0.00264. The lowest BCUT2D eigenvalue weighted by atomic mass is 9.77. The Morgan fingerprint density at radius 1 is 1.00 bits per heavy atom. The van der Waals surface area contributed by atoms with Crippen LogP contribution in [0, 0.1) is 17.3 Å². The first kappa shape index (κ1) is 17.3. The molecule has 0 aromatic carbocycles. The fourth-order valence-electron chi connectivity index (χ4n) is 5.05. The van der Waals surface area contributed by atoms with E-state index >= 15 is 0 Å². The second kappa shape index (κ2) is 6.54. The molecule has 4 fully saturated rings. The van der Waals surface area contributed by atoms with Gasteiger partial charge >= 0.3 is 0 Å². The normalized spacial score (nSPS) is 29.9. The van der Waals surface area contributed by atoms with Crippen LogP contribution in [0.1, 0.15) is 32.1 Å². The third-order valence-electron chi connectivity index (χ3n) is 6.65. The second-order valence-electron chi connectivity index (χ2n) is 8.83. The van der Waals surface area contributed by atoms with Gasteiger partial charge in [-0.1, -0.05) is 0 Å². The number of likely N-dealkylation sites (N-methyl/N-ethyl adjacent to an activating group) is 1. The van der Waals surface area contributed by atoms with Crippen molar-refractivity contribution in [1.82, 2.24) is 14.7 Å². The highest BCUT2D eigenvalue weighted by Gasteiger charge is 2.55. The Balaban J connectivity index is 1.30. The molecule has 3 aliphatic heterocycles. The van der Waals surface area contributed by atoms with Crippen LogP contribution in [-0.2, 0) is 14.3 Å². The van der Waals surface area contributed by atoms with E-state index in [2.05, 4.69) is 16.8 Å². The average Bonchev–Trinajstić information content (AvgIpc) is 3.36.